The summed E-state index contributed by atoms with van der Waals surface area (Å²) in [6.07, 6.45) is 0.872. The number of benzene rings is 2. The van der Waals surface area contributed by atoms with Crippen LogP contribution in [0.5, 0.6) is 11.5 Å². The number of hydrazine groups is 1. The summed E-state index contributed by atoms with van der Waals surface area (Å²) in [7, 11) is 0. The number of nitrogens with one attached hydrogen (secondary N) is 1. The monoisotopic (exact) mass is 395 g/mol. The number of carbonyl (C=O) groups excluding carboxylic acids is 3. The van der Waals surface area contributed by atoms with Gasteiger partial charge in [-0.3, -0.25) is 9.59 Å². The lowest BCUT2D eigenvalue weighted by atomic mass is 10.1. The second-order valence-electron chi connectivity index (χ2n) is 6.92. The molecule has 29 heavy (non-hydrogen) atoms. The van der Waals surface area contributed by atoms with E-state index in [4.69, 9.17) is 9.47 Å². The number of fused-ring (bicyclic) bond motifs is 1. The van der Waals surface area contributed by atoms with Crippen LogP contribution in [0.4, 0.5) is 10.5 Å². The summed E-state index contributed by atoms with van der Waals surface area (Å²) in [5.41, 5.74) is 1.94. The first-order valence-corrected chi connectivity index (χ1v) is 9.39. The quantitative estimate of drug-likeness (QED) is 0.805. The van der Waals surface area contributed by atoms with Crippen molar-refractivity contribution in [1.82, 2.24) is 10.0 Å². The smallest absolute Gasteiger partial charge is 0.340 e. The van der Waals surface area contributed by atoms with Gasteiger partial charge in [0.15, 0.2) is 17.3 Å². The van der Waals surface area contributed by atoms with E-state index in [1.807, 2.05) is 6.07 Å². The van der Waals surface area contributed by atoms with Crippen LogP contribution in [0.15, 0.2) is 42.5 Å². The van der Waals surface area contributed by atoms with Crippen LogP contribution in [-0.2, 0) is 11.2 Å². The number of urea groups is 1. The summed E-state index contributed by atoms with van der Waals surface area (Å²) in [6.45, 7) is 2.62. The molecule has 0 spiro atoms. The van der Waals surface area contributed by atoms with E-state index in [1.54, 1.807) is 36.4 Å². The minimum Gasteiger partial charge on any atom is -0.454 e. The maximum absolute atomic E-state index is 12.8. The summed E-state index contributed by atoms with van der Waals surface area (Å²) in [5, 5.41) is 5.68. The van der Waals surface area contributed by atoms with Gasteiger partial charge in [0.2, 0.25) is 12.7 Å². The molecule has 2 heterocycles. The Morgan fingerprint density at radius 1 is 0.966 bits per heavy atom. The van der Waals surface area contributed by atoms with Crippen LogP contribution in [0.3, 0.4) is 0 Å². The molecule has 0 aromatic heterocycles. The lowest BCUT2D eigenvalue weighted by Gasteiger charge is -2.28. The number of hydrogen-bond acceptors (Lipinski definition) is 5. The van der Waals surface area contributed by atoms with Gasteiger partial charge in [-0.05, 0) is 55.3 Å². The van der Waals surface area contributed by atoms with Crippen molar-refractivity contribution in [1.29, 1.82) is 0 Å². The van der Waals surface area contributed by atoms with Gasteiger partial charge >= 0.3 is 6.03 Å². The summed E-state index contributed by atoms with van der Waals surface area (Å²) < 4.78 is 10.6. The standard InChI is InChI=1S/C21H21N3O5/c1-14(25)16-4-6-17(7-5-16)22-21(27)24-10-2-9-23(24)20(26)12-15-3-8-18-19(11-15)29-13-28-18/h3-8,11H,2,9-10,12-13H2,1H3,(H,22,27). The number of ether oxygens (including phenoxy) is 2. The number of nitrogens with zero attached hydrogens (tertiary/aromatic N) is 2. The third-order valence-corrected chi connectivity index (χ3v) is 4.89. The van der Waals surface area contributed by atoms with Crippen LogP contribution in [0.2, 0.25) is 0 Å². The molecule has 8 heteroatoms. The maximum Gasteiger partial charge on any atom is 0.340 e. The highest BCUT2D eigenvalue weighted by atomic mass is 16.7. The minimum absolute atomic E-state index is 0.0392. The SMILES string of the molecule is CC(=O)c1ccc(NC(=O)N2CCCN2C(=O)Cc2ccc3c(c2)OCO3)cc1. The highest BCUT2D eigenvalue weighted by Crippen LogP contribution is 2.32. The molecule has 0 aliphatic carbocycles. The Balaban J connectivity index is 1.40. The van der Waals surface area contributed by atoms with Crippen LogP contribution in [0.25, 0.3) is 0 Å². The zero-order valence-electron chi connectivity index (χ0n) is 16.0. The fourth-order valence-corrected chi connectivity index (χ4v) is 3.38. The largest absolute Gasteiger partial charge is 0.454 e. The maximum atomic E-state index is 12.8. The molecule has 0 saturated carbocycles. The molecule has 2 aromatic carbocycles. The average Bonchev–Trinajstić information content (AvgIpc) is 3.37. The van der Waals surface area contributed by atoms with Crippen LogP contribution in [0, 0.1) is 0 Å². The Hall–Kier alpha value is -3.55. The molecule has 2 aromatic rings. The van der Waals surface area contributed by atoms with E-state index in [9.17, 15) is 14.4 Å². The Bertz CT molecular complexity index is 957. The molecule has 1 saturated heterocycles. The molecule has 1 fully saturated rings. The van der Waals surface area contributed by atoms with Gasteiger partial charge in [0.1, 0.15) is 0 Å². The highest BCUT2D eigenvalue weighted by Gasteiger charge is 2.31. The first kappa shape index (κ1) is 18.8. The van der Waals surface area contributed by atoms with Crippen molar-refractivity contribution >= 4 is 23.4 Å². The number of rotatable bonds is 4. The molecule has 1 N–H and O–H groups in total. The first-order chi connectivity index (χ1) is 14.0. The third kappa shape index (κ3) is 4.01. The third-order valence-electron chi connectivity index (χ3n) is 4.89. The van der Waals surface area contributed by atoms with Gasteiger partial charge in [0.25, 0.3) is 0 Å². The molecule has 2 aliphatic rings. The summed E-state index contributed by atoms with van der Waals surface area (Å²) >= 11 is 0. The topological polar surface area (TPSA) is 88.2 Å². The summed E-state index contributed by atoms with van der Waals surface area (Å²) in [5.74, 6) is 1.09. The molecule has 0 radical (unpaired) electrons. The summed E-state index contributed by atoms with van der Waals surface area (Å²) in [6, 6.07) is 11.7. The molecule has 150 valence electrons. The van der Waals surface area contributed by atoms with Gasteiger partial charge in [-0.15, -0.1) is 0 Å². The molecule has 2 aliphatic heterocycles. The van der Waals surface area contributed by atoms with Gasteiger partial charge < -0.3 is 14.8 Å². The Morgan fingerprint density at radius 3 is 2.45 bits per heavy atom. The Morgan fingerprint density at radius 2 is 1.69 bits per heavy atom. The van der Waals surface area contributed by atoms with E-state index in [1.165, 1.54) is 16.9 Å². The zero-order chi connectivity index (χ0) is 20.4. The van der Waals surface area contributed by atoms with E-state index in [-0.39, 0.29) is 30.9 Å². The first-order valence-electron chi connectivity index (χ1n) is 9.39. The second-order valence-corrected chi connectivity index (χ2v) is 6.92. The molecule has 0 bridgehead atoms. The Kier molecular flexibility index (Phi) is 5.07. The molecular weight excluding hydrogens is 374 g/mol. The van der Waals surface area contributed by atoms with Crippen LogP contribution in [0.1, 0.15) is 29.3 Å². The number of amides is 3. The van der Waals surface area contributed by atoms with Gasteiger partial charge in [-0.1, -0.05) is 6.07 Å². The molecule has 4 rings (SSSR count). The van der Waals surface area contributed by atoms with Crippen molar-refractivity contribution in [2.24, 2.45) is 0 Å². The number of ketones is 1. The van der Waals surface area contributed by atoms with Crippen LogP contribution < -0.4 is 14.8 Å². The van der Waals surface area contributed by atoms with E-state index in [0.29, 0.717) is 42.3 Å². The van der Waals surface area contributed by atoms with Crippen molar-refractivity contribution < 1.29 is 23.9 Å². The fourth-order valence-electron chi connectivity index (χ4n) is 3.38. The van der Waals surface area contributed by atoms with Crippen molar-refractivity contribution in [3.05, 3.63) is 53.6 Å². The van der Waals surface area contributed by atoms with Crippen LogP contribution >= 0.6 is 0 Å². The van der Waals surface area contributed by atoms with E-state index in [2.05, 4.69) is 5.32 Å². The highest BCUT2D eigenvalue weighted by molar-refractivity contribution is 5.95. The van der Waals surface area contributed by atoms with Gasteiger partial charge in [0, 0.05) is 24.3 Å². The van der Waals surface area contributed by atoms with Crippen molar-refractivity contribution in [3.8, 4) is 11.5 Å². The predicted molar refractivity (Wildman–Crippen MR) is 105 cm³/mol. The fraction of sp³-hybridized carbons (Fsp3) is 0.286. The number of anilines is 1. The van der Waals surface area contributed by atoms with Gasteiger partial charge in [-0.25, -0.2) is 14.8 Å². The molecule has 8 nitrogen and oxygen atoms in total. The molecule has 3 amide bonds. The zero-order valence-corrected chi connectivity index (χ0v) is 16.0. The van der Waals surface area contributed by atoms with E-state index >= 15 is 0 Å². The predicted octanol–water partition coefficient (Wildman–Crippen LogP) is 2.84. The van der Waals surface area contributed by atoms with Crippen LogP contribution in [-0.4, -0.2) is 47.6 Å². The number of carbonyl (C=O) groups is 3. The molecular formula is C21H21N3O5. The molecule has 0 atom stereocenters. The summed E-state index contributed by atoms with van der Waals surface area (Å²) in [4.78, 5) is 36.8. The number of hydrogen-bond donors (Lipinski definition) is 1. The van der Waals surface area contributed by atoms with Gasteiger partial charge in [0.05, 0.1) is 6.42 Å². The van der Waals surface area contributed by atoms with Crippen molar-refractivity contribution in [2.75, 3.05) is 25.2 Å². The van der Waals surface area contributed by atoms with Gasteiger partial charge in [-0.2, -0.15) is 0 Å². The van der Waals surface area contributed by atoms with Crippen molar-refractivity contribution in [3.63, 3.8) is 0 Å². The number of Topliss-reactive ketones (excluding diaryl/α,β-unsaturated/α-hetero) is 1. The normalized spacial score (nSPS) is 14.8. The lowest BCUT2D eigenvalue weighted by Crippen LogP contribution is -2.47. The van der Waals surface area contributed by atoms with E-state index in [0.717, 1.165) is 5.56 Å². The average molecular weight is 395 g/mol. The minimum atomic E-state index is -0.378. The second kappa shape index (κ2) is 7.83. The lowest BCUT2D eigenvalue weighted by molar-refractivity contribution is -0.139. The Labute approximate surface area is 168 Å². The van der Waals surface area contributed by atoms with Crippen molar-refractivity contribution in [2.45, 2.75) is 19.8 Å². The molecule has 0 unspecified atom stereocenters. The van der Waals surface area contributed by atoms with E-state index < -0.39 is 0 Å².